The van der Waals surface area contributed by atoms with Crippen LogP contribution in [0.1, 0.15) is 35.2 Å². The van der Waals surface area contributed by atoms with Crippen LogP contribution < -0.4 is 9.46 Å². The molecule has 132 valence electrons. The van der Waals surface area contributed by atoms with Crippen LogP contribution in [0.5, 0.6) is 5.75 Å². The Morgan fingerprint density at radius 2 is 1.96 bits per heavy atom. The van der Waals surface area contributed by atoms with Gasteiger partial charge in [-0.3, -0.25) is 0 Å². The number of sulfonamides is 1. The van der Waals surface area contributed by atoms with E-state index in [-0.39, 0.29) is 23.6 Å². The summed E-state index contributed by atoms with van der Waals surface area (Å²) in [5.74, 6) is 1.64. The molecule has 1 aromatic heterocycles. The predicted octanol–water partition coefficient (Wildman–Crippen LogP) is 2.62. The number of hydrogen-bond acceptors (Lipinski definition) is 5. The average molecular weight is 353 g/mol. The van der Waals surface area contributed by atoms with E-state index in [9.17, 15) is 13.5 Å². The molecule has 7 heteroatoms. The van der Waals surface area contributed by atoms with Crippen LogP contribution in [-0.4, -0.2) is 27.2 Å². The molecule has 0 bridgehead atoms. The molecule has 0 aliphatic heterocycles. The summed E-state index contributed by atoms with van der Waals surface area (Å²) in [6, 6.07) is 6.72. The Morgan fingerprint density at radius 1 is 1.25 bits per heavy atom. The lowest BCUT2D eigenvalue weighted by Crippen LogP contribution is -2.26. The van der Waals surface area contributed by atoms with E-state index < -0.39 is 16.1 Å². The van der Waals surface area contributed by atoms with Crippen LogP contribution in [0.2, 0.25) is 0 Å². The van der Waals surface area contributed by atoms with E-state index in [0.29, 0.717) is 17.1 Å². The molecule has 2 N–H and O–H groups in total. The highest BCUT2D eigenvalue weighted by Gasteiger charge is 2.21. The minimum Gasteiger partial charge on any atom is -0.495 e. The molecule has 0 spiro atoms. The van der Waals surface area contributed by atoms with Gasteiger partial charge < -0.3 is 14.3 Å². The summed E-state index contributed by atoms with van der Waals surface area (Å²) in [5.41, 5.74) is 1.50. The maximum absolute atomic E-state index is 12.5. The van der Waals surface area contributed by atoms with Crippen LogP contribution in [-0.2, 0) is 10.0 Å². The smallest absolute Gasteiger partial charge is 0.244 e. The van der Waals surface area contributed by atoms with Gasteiger partial charge in [-0.05, 0) is 51.0 Å². The van der Waals surface area contributed by atoms with E-state index in [1.807, 2.05) is 6.92 Å². The van der Waals surface area contributed by atoms with E-state index in [0.717, 1.165) is 5.56 Å². The molecule has 0 radical (unpaired) electrons. The molecule has 0 saturated carbocycles. The van der Waals surface area contributed by atoms with Crippen LogP contribution >= 0.6 is 0 Å². The van der Waals surface area contributed by atoms with E-state index in [4.69, 9.17) is 9.15 Å². The van der Waals surface area contributed by atoms with Gasteiger partial charge in [-0.1, -0.05) is 6.07 Å². The summed E-state index contributed by atoms with van der Waals surface area (Å²) in [6.07, 6.45) is -0.544. The quantitative estimate of drug-likeness (QED) is 0.799. The summed E-state index contributed by atoms with van der Waals surface area (Å²) in [6.45, 7) is 5.49. The molecular formula is C17H23NO5S. The number of rotatable bonds is 7. The number of ether oxygens (including phenoxy) is 1. The fourth-order valence-electron chi connectivity index (χ4n) is 2.54. The molecule has 0 aliphatic rings. The third kappa shape index (κ3) is 4.17. The van der Waals surface area contributed by atoms with Crippen molar-refractivity contribution in [1.82, 2.24) is 4.72 Å². The van der Waals surface area contributed by atoms with Crippen molar-refractivity contribution in [2.45, 2.75) is 38.2 Å². The van der Waals surface area contributed by atoms with Crippen molar-refractivity contribution >= 4 is 10.0 Å². The van der Waals surface area contributed by atoms with Crippen LogP contribution in [0.3, 0.4) is 0 Å². The number of benzene rings is 1. The second-order valence-corrected chi connectivity index (χ2v) is 7.46. The van der Waals surface area contributed by atoms with Crippen molar-refractivity contribution in [3.05, 3.63) is 46.9 Å². The highest BCUT2D eigenvalue weighted by molar-refractivity contribution is 7.89. The topological polar surface area (TPSA) is 88.8 Å². The first-order chi connectivity index (χ1) is 11.2. The Bertz CT molecular complexity index is 810. The van der Waals surface area contributed by atoms with Gasteiger partial charge in [0.2, 0.25) is 10.0 Å². The third-order valence-corrected chi connectivity index (χ3v) is 5.24. The molecule has 1 heterocycles. The number of furan rings is 1. The van der Waals surface area contributed by atoms with E-state index in [2.05, 4.69) is 4.72 Å². The first-order valence-corrected chi connectivity index (χ1v) is 9.12. The fourth-order valence-corrected chi connectivity index (χ4v) is 3.84. The van der Waals surface area contributed by atoms with Crippen molar-refractivity contribution in [3.8, 4) is 5.75 Å². The lowest BCUT2D eigenvalue weighted by Gasteiger charge is -2.13. The summed E-state index contributed by atoms with van der Waals surface area (Å²) in [5, 5.41) is 10.2. The van der Waals surface area contributed by atoms with Gasteiger partial charge in [0.1, 0.15) is 22.2 Å². The first-order valence-electron chi connectivity index (χ1n) is 7.64. The monoisotopic (exact) mass is 353 g/mol. The van der Waals surface area contributed by atoms with Gasteiger partial charge in [-0.15, -0.1) is 0 Å². The zero-order valence-electron chi connectivity index (χ0n) is 14.3. The van der Waals surface area contributed by atoms with Crippen LogP contribution in [0.4, 0.5) is 0 Å². The Balaban J connectivity index is 2.06. The van der Waals surface area contributed by atoms with Gasteiger partial charge >= 0.3 is 0 Å². The minimum absolute atomic E-state index is 0.0924. The SMILES string of the molecule is COc1ccc(C)cc1S(=O)(=O)NCCC(O)c1cc(C)oc1C. The molecule has 0 fully saturated rings. The van der Waals surface area contributed by atoms with E-state index >= 15 is 0 Å². The van der Waals surface area contributed by atoms with Gasteiger partial charge in [0.05, 0.1) is 13.2 Å². The van der Waals surface area contributed by atoms with Gasteiger partial charge in [0.15, 0.2) is 0 Å². The van der Waals surface area contributed by atoms with Gasteiger partial charge in [0.25, 0.3) is 0 Å². The molecule has 1 unspecified atom stereocenters. The van der Waals surface area contributed by atoms with Crippen molar-refractivity contribution < 1.29 is 22.7 Å². The second-order valence-electron chi connectivity index (χ2n) is 5.73. The summed E-state index contributed by atoms with van der Waals surface area (Å²) in [7, 11) is -2.29. The number of aryl methyl sites for hydroxylation is 3. The van der Waals surface area contributed by atoms with Crippen molar-refractivity contribution in [3.63, 3.8) is 0 Å². The van der Waals surface area contributed by atoms with Gasteiger partial charge in [-0.25, -0.2) is 13.1 Å². The highest BCUT2D eigenvalue weighted by Crippen LogP contribution is 2.26. The van der Waals surface area contributed by atoms with Crippen LogP contribution in [0, 0.1) is 20.8 Å². The molecule has 24 heavy (non-hydrogen) atoms. The van der Waals surface area contributed by atoms with Crippen LogP contribution in [0.15, 0.2) is 33.6 Å². The number of methoxy groups -OCH3 is 1. The average Bonchev–Trinajstić information content (AvgIpc) is 2.85. The van der Waals surface area contributed by atoms with E-state index in [1.54, 1.807) is 38.1 Å². The van der Waals surface area contributed by atoms with Crippen LogP contribution in [0.25, 0.3) is 0 Å². The molecule has 1 aromatic carbocycles. The van der Waals surface area contributed by atoms with Crippen molar-refractivity contribution in [2.75, 3.05) is 13.7 Å². The van der Waals surface area contributed by atoms with Gasteiger partial charge in [-0.2, -0.15) is 0 Å². The second kappa shape index (κ2) is 7.38. The fraction of sp³-hybridized carbons (Fsp3) is 0.412. The minimum atomic E-state index is -3.72. The number of nitrogens with one attached hydrogen (secondary N) is 1. The maximum atomic E-state index is 12.5. The lowest BCUT2D eigenvalue weighted by molar-refractivity contribution is 0.167. The Hall–Kier alpha value is -1.83. The molecule has 6 nitrogen and oxygen atoms in total. The largest absolute Gasteiger partial charge is 0.495 e. The Morgan fingerprint density at radius 3 is 2.54 bits per heavy atom. The van der Waals surface area contributed by atoms with Gasteiger partial charge in [0, 0.05) is 12.1 Å². The predicted molar refractivity (Wildman–Crippen MR) is 90.7 cm³/mol. The normalized spacial score (nSPS) is 13.0. The molecule has 2 rings (SSSR count). The molecule has 1 atom stereocenters. The molecular weight excluding hydrogens is 330 g/mol. The third-order valence-electron chi connectivity index (χ3n) is 3.76. The number of aliphatic hydroxyl groups excluding tert-OH is 1. The molecule has 2 aromatic rings. The van der Waals surface area contributed by atoms with Crippen molar-refractivity contribution in [2.24, 2.45) is 0 Å². The lowest BCUT2D eigenvalue weighted by atomic mass is 10.1. The summed E-state index contributed by atoms with van der Waals surface area (Å²) in [4.78, 5) is 0.0924. The Kier molecular flexibility index (Phi) is 5.69. The summed E-state index contributed by atoms with van der Waals surface area (Å²) < 4.78 is 37.9. The molecule has 0 aliphatic carbocycles. The number of hydrogen-bond donors (Lipinski definition) is 2. The zero-order valence-corrected chi connectivity index (χ0v) is 15.1. The first kappa shape index (κ1) is 18.5. The van der Waals surface area contributed by atoms with Crippen molar-refractivity contribution in [1.29, 1.82) is 0 Å². The number of aliphatic hydroxyl groups is 1. The highest BCUT2D eigenvalue weighted by atomic mass is 32.2. The standard InChI is InChI=1S/C17H23NO5S/c1-11-5-6-16(22-4)17(9-11)24(20,21)18-8-7-15(19)14-10-12(2)23-13(14)3/h5-6,9-10,15,18-19H,7-8H2,1-4H3. The molecule has 0 amide bonds. The Labute approximate surface area is 142 Å². The maximum Gasteiger partial charge on any atom is 0.244 e. The van der Waals surface area contributed by atoms with E-state index in [1.165, 1.54) is 7.11 Å². The molecule has 0 saturated heterocycles. The zero-order chi connectivity index (χ0) is 17.9. The summed E-state index contributed by atoms with van der Waals surface area (Å²) >= 11 is 0.